The van der Waals surface area contributed by atoms with E-state index in [1.165, 1.54) is 25.2 Å². The van der Waals surface area contributed by atoms with Gasteiger partial charge < -0.3 is 14.6 Å². The first-order chi connectivity index (χ1) is 13.0. The lowest BCUT2D eigenvalue weighted by molar-refractivity contribution is -0.113. The first-order valence-corrected chi connectivity index (χ1v) is 9.01. The van der Waals surface area contributed by atoms with Gasteiger partial charge in [0.05, 0.1) is 30.4 Å². The number of aromatic hydroxyl groups is 1. The van der Waals surface area contributed by atoms with Crippen LogP contribution in [-0.2, 0) is 9.53 Å². The van der Waals surface area contributed by atoms with Gasteiger partial charge in [-0.2, -0.15) is 0 Å². The first-order valence-electron chi connectivity index (χ1n) is 7.78. The average molecular weight is 401 g/mol. The van der Waals surface area contributed by atoms with Crippen molar-refractivity contribution in [1.29, 1.82) is 0 Å². The van der Waals surface area contributed by atoms with Crippen molar-refractivity contribution in [3.05, 3.63) is 58.5 Å². The number of esters is 1. The second-order valence-electron chi connectivity index (χ2n) is 5.46. The summed E-state index contributed by atoms with van der Waals surface area (Å²) in [7, 11) is 2.73. The van der Waals surface area contributed by atoms with Crippen molar-refractivity contribution < 1.29 is 24.2 Å². The van der Waals surface area contributed by atoms with E-state index in [1.54, 1.807) is 42.5 Å². The molecule has 1 amide bonds. The Labute approximate surface area is 165 Å². The van der Waals surface area contributed by atoms with Crippen molar-refractivity contribution in [1.82, 2.24) is 0 Å². The van der Waals surface area contributed by atoms with E-state index >= 15 is 0 Å². The zero-order valence-corrected chi connectivity index (χ0v) is 16.1. The lowest BCUT2D eigenvalue weighted by atomic mass is 10.1. The van der Waals surface area contributed by atoms with Crippen LogP contribution in [0.15, 0.2) is 47.4 Å². The number of ether oxygens (including phenoxy) is 2. The zero-order chi connectivity index (χ0) is 19.6. The van der Waals surface area contributed by atoms with Crippen molar-refractivity contribution in [2.24, 2.45) is 0 Å². The van der Waals surface area contributed by atoms with Crippen LogP contribution in [0.3, 0.4) is 0 Å². The number of carbonyl (C=O) groups excluding carboxylic acids is 2. The summed E-state index contributed by atoms with van der Waals surface area (Å²) in [5, 5.41) is 9.70. The number of para-hydroxylation sites is 1. The van der Waals surface area contributed by atoms with Gasteiger partial charge in [-0.15, -0.1) is 0 Å². The van der Waals surface area contributed by atoms with Gasteiger partial charge >= 0.3 is 5.97 Å². The molecule has 27 heavy (non-hydrogen) atoms. The van der Waals surface area contributed by atoms with Crippen molar-refractivity contribution in [3.8, 4) is 11.5 Å². The Morgan fingerprint density at radius 2 is 1.96 bits per heavy atom. The molecule has 0 bridgehead atoms. The third-order valence-electron chi connectivity index (χ3n) is 3.85. The lowest BCUT2D eigenvalue weighted by Gasteiger charge is -2.17. The highest BCUT2D eigenvalue weighted by Gasteiger charge is 2.35. The molecule has 0 atom stereocenters. The van der Waals surface area contributed by atoms with E-state index in [9.17, 15) is 14.7 Å². The van der Waals surface area contributed by atoms with E-state index in [2.05, 4.69) is 0 Å². The summed E-state index contributed by atoms with van der Waals surface area (Å²) in [6.07, 6.45) is 1.65. The van der Waals surface area contributed by atoms with Gasteiger partial charge in [-0.05, 0) is 35.9 Å². The van der Waals surface area contributed by atoms with Gasteiger partial charge in [0.2, 0.25) is 0 Å². The maximum absolute atomic E-state index is 12.9. The fourth-order valence-corrected chi connectivity index (χ4v) is 3.85. The second-order valence-corrected chi connectivity index (χ2v) is 7.13. The van der Waals surface area contributed by atoms with Gasteiger partial charge in [-0.1, -0.05) is 42.2 Å². The van der Waals surface area contributed by atoms with Gasteiger partial charge in [-0.3, -0.25) is 9.69 Å². The van der Waals surface area contributed by atoms with Crippen LogP contribution in [0.5, 0.6) is 11.5 Å². The van der Waals surface area contributed by atoms with E-state index in [0.717, 1.165) is 11.8 Å². The third kappa shape index (κ3) is 3.67. The molecular formula is C19H15NO5S2. The molecule has 1 heterocycles. The maximum Gasteiger partial charge on any atom is 0.339 e. The van der Waals surface area contributed by atoms with Gasteiger partial charge in [0.15, 0.2) is 15.8 Å². The summed E-state index contributed by atoms with van der Waals surface area (Å²) >= 11 is 6.49. The summed E-state index contributed by atoms with van der Waals surface area (Å²) < 4.78 is 10.2. The Balaban J connectivity index is 1.98. The Kier molecular flexibility index (Phi) is 5.48. The Hall–Kier alpha value is -2.84. The van der Waals surface area contributed by atoms with E-state index < -0.39 is 5.97 Å². The van der Waals surface area contributed by atoms with Crippen LogP contribution in [-0.4, -0.2) is 35.5 Å². The molecule has 0 aliphatic carbocycles. The molecule has 1 saturated heterocycles. The van der Waals surface area contributed by atoms with Crippen molar-refractivity contribution >= 4 is 51.9 Å². The Morgan fingerprint density at radius 1 is 1.22 bits per heavy atom. The number of hydrogen-bond acceptors (Lipinski definition) is 7. The summed E-state index contributed by atoms with van der Waals surface area (Å²) in [5.41, 5.74) is 1.30. The fraction of sp³-hybridized carbons (Fsp3) is 0.105. The maximum atomic E-state index is 12.9. The number of rotatable bonds is 4. The Bertz CT molecular complexity index is 970. The first kappa shape index (κ1) is 18.9. The minimum atomic E-state index is -0.549. The largest absolute Gasteiger partial charge is 0.504 e. The lowest BCUT2D eigenvalue weighted by Crippen LogP contribution is -2.29. The molecule has 1 aliphatic rings. The number of carbonyl (C=O) groups is 2. The quantitative estimate of drug-likeness (QED) is 0.477. The van der Waals surface area contributed by atoms with Gasteiger partial charge in [0.25, 0.3) is 5.91 Å². The molecular weight excluding hydrogens is 386 g/mol. The number of benzene rings is 2. The van der Waals surface area contributed by atoms with Crippen LogP contribution >= 0.6 is 24.0 Å². The van der Waals surface area contributed by atoms with Crippen LogP contribution in [0.4, 0.5) is 5.69 Å². The number of methoxy groups -OCH3 is 2. The molecule has 1 aliphatic heterocycles. The summed E-state index contributed by atoms with van der Waals surface area (Å²) in [4.78, 5) is 26.6. The molecule has 2 aromatic rings. The molecule has 0 radical (unpaired) electrons. The molecule has 0 spiro atoms. The molecule has 0 saturated carbocycles. The minimum Gasteiger partial charge on any atom is -0.504 e. The molecule has 3 rings (SSSR count). The number of phenols is 1. The SMILES string of the molecule is COC(=O)c1ccccc1N1C(=O)/C(=C/c2ccc(O)c(OC)c2)SC1=S. The number of nitrogens with zero attached hydrogens (tertiary/aromatic N) is 1. The number of hydrogen-bond donors (Lipinski definition) is 1. The smallest absolute Gasteiger partial charge is 0.339 e. The minimum absolute atomic E-state index is 0.00852. The number of thioether (sulfide) groups is 1. The van der Waals surface area contributed by atoms with Crippen molar-refractivity contribution in [2.75, 3.05) is 19.1 Å². The zero-order valence-electron chi connectivity index (χ0n) is 14.5. The highest BCUT2D eigenvalue weighted by molar-refractivity contribution is 8.27. The van der Waals surface area contributed by atoms with Crippen molar-refractivity contribution in [3.63, 3.8) is 0 Å². The van der Waals surface area contributed by atoms with E-state index in [1.807, 2.05) is 0 Å². The standard InChI is InChI=1S/C19H15NO5S2/c1-24-15-9-11(7-8-14(15)21)10-16-17(22)20(19(26)27-16)13-6-4-3-5-12(13)18(23)25-2/h3-10,21H,1-2H3/b16-10-. The summed E-state index contributed by atoms with van der Waals surface area (Å²) in [6.45, 7) is 0. The number of thiocarbonyl (C=S) groups is 1. The number of phenolic OH excluding ortho intramolecular Hbond substituents is 1. The van der Waals surface area contributed by atoms with E-state index in [-0.39, 0.29) is 17.2 Å². The summed E-state index contributed by atoms with van der Waals surface area (Å²) in [6, 6.07) is 11.4. The van der Waals surface area contributed by atoms with Crippen LogP contribution < -0.4 is 9.64 Å². The molecule has 8 heteroatoms. The van der Waals surface area contributed by atoms with Gasteiger partial charge in [0, 0.05) is 0 Å². The van der Waals surface area contributed by atoms with Crippen LogP contribution in [0, 0.1) is 0 Å². The van der Waals surface area contributed by atoms with Crippen LogP contribution in [0.25, 0.3) is 6.08 Å². The molecule has 6 nitrogen and oxygen atoms in total. The topological polar surface area (TPSA) is 76.1 Å². The van der Waals surface area contributed by atoms with Crippen LogP contribution in [0.1, 0.15) is 15.9 Å². The molecule has 1 N–H and O–H groups in total. The van der Waals surface area contributed by atoms with Crippen LogP contribution in [0.2, 0.25) is 0 Å². The normalized spacial score (nSPS) is 15.3. The number of anilines is 1. The van der Waals surface area contributed by atoms with E-state index in [4.69, 9.17) is 21.7 Å². The number of amides is 1. The van der Waals surface area contributed by atoms with E-state index in [0.29, 0.717) is 26.2 Å². The molecule has 138 valence electrons. The average Bonchev–Trinajstić information content (AvgIpc) is 2.95. The van der Waals surface area contributed by atoms with Gasteiger partial charge in [-0.25, -0.2) is 4.79 Å². The van der Waals surface area contributed by atoms with Crippen molar-refractivity contribution in [2.45, 2.75) is 0 Å². The predicted octanol–water partition coefficient (Wildman–Crippen LogP) is 3.59. The van der Waals surface area contributed by atoms with Gasteiger partial charge in [0.1, 0.15) is 0 Å². The third-order valence-corrected chi connectivity index (χ3v) is 5.15. The molecule has 1 fully saturated rings. The summed E-state index contributed by atoms with van der Waals surface area (Å²) in [5.74, 6) is -0.579. The highest BCUT2D eigenvalue weighted by atomic mass is 32.2. The molecule has 0 aromatic heterocycles. The second kappa shape index (κ2) is 7.81. The monoisotopic (exact) mass is 401 g/mol. The molecule has 0 unspecified atom stereocenters. The fourth-order valence-electron chi connectivity index (χ4n) is 2.56. The Morgan fingerprint density at radius 3 is 2.67 bits per heavy atom. The predicted molar refractivity (Wildman–Crippen MR) is 108 cm³/mol. The highest BCUT2D eigenvalue weighted by Crippen LogP contribution is 2.38. The molecule has 2 aromatic carbocycles.